The summed E-state index contributed by atoms with van der Waals surface area (Å²) in [5, 5.41) is 3.04. The third-order valence-corrected chi connectivity index (χ3v) is 5.12. The van der Waals surface area contributed by atoms with Crippen LogP contribution in [0.3, 0.4) is 0 Å². The largest absolute Gasteiger partial charge is 0.481 e. The predicted molar refractivity (Wildman–Crippen MR) is 109 cm³/mol. The van der Waals surface area contributed by atoms with Gasteiger partial charge in [-0.2, -0.15) is 0 Å². The number of rotatable bonds is 6. The molecule has 0 spiro atoms. The van der Waals surface area contributed by atoms with Gasteiger partial charge in [-0.3, -0.25) is 4.79 Å². The summed E-state index contributed by atoms with van der Waals surface area (Å²) in [4.78, 5) is 36.6. The Hall–Kier alpha value is -3.35. The molecular formula is C23H25NO6. The normalized spacial score (nSPS) is 16.0. The fourth-order valence-electron chi connectivity index (χ4n) is 3.59. The second-order valence-corrected chi connectivity index (χ2v) is 7.14. The molecule has 0 bridgehead atoms. The van der Waals surface area contributed by atoms with E-state index in [0.29, 0.717) is 0 Å². The maximum Gasteiger partial charge on any atom is 0.338 e. The maximum absolute atomic E-state index is 12.8. The molecule has 158 valence electrons. The van der Waals surface area contributed by atoms with E-state index in [0.717, 1.165) is 24.8 Å². The van der Waals surface area contributed by atoms with Gasteiger partial charge in [-0.15, -0.1) is 0 Å². The first-order valence-electron chi connectivity index (χ1n) is 9.79. The van der Waals surface area contributed by atoms with Crippen molar-refractivity contribution < 1.29 is 28.6 Å². The number of amides is 1. The van der Waals surface area contributed by atoms with E-state index in [2.05, 4.69) is 11.4 Å². The van der Waals surface area contributed by atoms with Crippen LogP contribution in [0.2, 0.25) is 0 Å². The molecule has 3 rings (SSSR count). The summed E-state index contributed by atoms with van der Waals surface area (Å²) in [6, 6.07) is 12.2. The molecular weight excluding hydrogens is 386 g/mol. The van der Waals surface area contributed by atoms with Gasteiger partial charge >= 0.3 is 11.9 Å². The topological polar surface area (TPSA) is 90.9 Å². The number of hydrogen-bond donors (Lipinski definition) is 1. The second kappa shape index (κ2) is 9.43. The van der Waals surface area contributed by atoms with Gasteiger partial charge in [-0.05, 0) is 55.5 Å². The Morgan fingerprint density at radius 3 is 2.27 bits per heavy atom. The number of nitrogens with one attached hydrogen (secondary N) is 1. The molecule has 0 fully saturated rings. The Kier molecular flexibility index (Phi) is 6.72. The number of fused-ring (bicyclic) bond motifs is 1. The third-order valence-electron chi connectivity index (χ3n) is 5.12. The van der Waals surface area contributed by atoms with Crippen LogP contribution in [0.5, 0.6) is 5.75 Å². The Morgan fingerprint density at radius 1 is 1.00 bits per heavy atom. The Morgan fingerprint density at radius 2 is 1.63 bits per heavy atom. The maximum atomic E-state index is 12.8. The minimum absolute atomic E-state index is 0.0690. The van der Waals surface area contributed by atoms with Crippen molar-refractivity contribution in [2.75, 3.05) is 14.2 Å². The Balaban J connectivity index is 1.75. The summed E-state index contributed by atoms with van der Waals surface area (Å²) in [7, 11) is 2.48. The summed E-state index contributed by atoms with van der Waals surface area (Å²) >= 11 is 0. The number of methoxy groups -OCH3 is 2. The lowest BCUT2D eigenvalue weighted by atomic mass is 9.87. The van der Waals surface area contributed by atoms with E-state index in [4.69, 9.17) is 14.2 Å². The molecule has 0 radical (unpaired) electrons. The van der Waals surface area contributed by atoms with E-state index in [1.807, 2.05) is 18.2 Å². The van der Waals surface area contributed by atoms with Gasteiger partial charge in [0.15, 0.2) is 6.10 Å². The Bertz CT molecular complexity index is 920. The SMILES string of the molecule is COC(=O)c1cc(O[C@H](C)C(=O)N[C@H]2CCCc3ccccc32)cc(C(=O)OC)c1. The molecule has 0 aromatic heterocycles. The van der Waals surface area contributed by atoms with Gasteiger partial charge in [0.05, 0.1) is 31.4 Å². The fourth-order valence-corrected chi connectivity index (χ4v) is 3.59. The van der Waals surface area contributed by atoms with Crippen molar-refractivity contribution in [3.05, 3.63) is 64.7 Å². The van der Waals surface area contributed by atoms with Crippen LogP contribution in [0.4, 0.5) is 0 Å². The summed E-state index contributed by atoms with van der Waals surface area (Å²) in [5.74, 6) is -1.33. The van der Waals surface area contributed by atoms with E-state index >= 15 is 0 Å². The van der Waals surface area contributed by atoms with Gasteiger partial charge < -0.3 is 19.5 Å². The first-order valence-corrected chi connectivity index (χ1v) is 9.79. The van der Waals surface area contributed by atoms with Gasteiger partial charge in [0.1, 0.15) is 5.75 Å². The van der Waals surface area contributed by atoms with Crippen molar-refractivity contribution in [1.29, 1.82) is 0 Å². The monoisotopic (exact) mass is 411 g/mol. The zero-order chi connectivity index (χ0) is 21.7. The average Bonchev–Trinajstić information content (AvgIpc) is 2.77. The molecule has 2 aromatic carbocycles. The highest BCUT2D eigenvalue weighted by Crippen LogP contribution is 2.29. The van der Waals surface area contributed by atoms with Crippen LogP contribution in [-0.4, -0.2) is 38.2 Å². The van der Waals surface area contributed by atoms with E-state index in [1.165, 1.54) is 38.0 Å². The van der Waals surface area contributed by atoms with Crippen LogP contribution >= 0.6 is 0 Å². The molecule has 2 aromatic rings. The van der Waals surface area contributed by atoms with Gasteiger partial charge in [0.2, 0.25) is 0 Å². The first-order chi connectivity index (χ1) is 14.4. The minimum Gasteiger partial charge on any atom is -0.481 e. The van der Waals surface area contributed by atoms with E-state index in [1.54, 1.807) is 6.92 Å². The minimum atomic E-state index is -0.836. The van der Waals surface area contributed by atoms with Crippen molar-refractivity contribution in [3.8, 4) is 5.75 Å². The fraction of sp³-hybridized carbons (Fsp3) is 0.348. The summed E-state index contributed by atoms with van der Waals surface area (Å²) in [6.07, 6.45) is 2.03. The quantitative estimate of drug-likeness (QED) is 0.734. The Labute approximate surface area is 175 Å². The third kappa shape index (κ3) is 4.79. The zero-order valence-electron chi connectivity index (χ0n) is 17.3. The number of aryl methyl sites for hydroxylation is 1. The van der Waals surface area contributed by atoms with Crippen LogP contribution in [0, 0.1) is 0 Å². The van der Waals surface area contributed by atoms with Crippen molar-refractivity contribution in [3.63, 3.8) is 0 Å². The molecule has 0 saturated carbocycles. The van der Waals surface area contributed by atoms with E-state index in [-0.39, 0.29) is 28.8 Å². The van der Waals surface area contributed by atoms with Crippen molar-refractivity contribution in [2.45, 2.75) is 38.3 Å². The van der Waals surface area contributed by atoms with E-state index in [9.17, 15) is 14.4 Å². The molecule has 0 unspecified atom stereocenters. The number of ether oxygens (including phenoxy) is 3. The first kappa shape index (κ1) is 21.4. The number of benzene rings is 2. The molecule has 1 aliphatic rings. The highest BCUT2D eigenvalue weighted by atomic mass is 16.5. The smallest absolute Gasteiger partial charge is 0.338 e. The van der Waals surface area contributed by atoms with Crippen molar-refractivity contribution >= 4 is 17.8 Å². The number of carbonyl (C=O) groups excluding carboxylic acids is 3. The summed E-state index contributed by atoms with van der Waals surface area (Å²) in [5.41, 5.74) is 2.63. The van der Waals surface area contributed by atoms with Crippen LogP contribution in [0.1, 0.15) is 57.7 Å². The number of carbonyl (C=O) groups is 3. The van der Waals surface area contributed by atoms with Crippen LogP contribution in [0.25, 0.3) is 0 Å². The second-order valence-electron chi connectivity index (χ2n) is 7.14. The molecule has 7 heteroatoms. The van der Waals surface area contributed by atoms with Gasteiger partial charge in [-0.1, -0.05) is 24.3 Å². The molecule has 1 aliphatic carbocycles. The lowest BCUT2D eigenvalue weighted by molar-refractivity contribution is -0.128. The predicted octanol–water partition coefficient (Wildman–Crippen LogP) is 3.22. The molecule has 1 amide bonds. The highest BCUT2D eigenvalue weighted by Gasteiger charge is 2.25. The van der Waals surface area contributed by atoms with E-state index < -0.39 is 18.0 Å². The number of hydrogen-bond acceptors (Lipinski definition) is 6. The average molecular weight is 411 g/mol. The van der Waals surface area contributed by atoms with Crippen LogP contribution in [0.15, 0.2) is 42.5 Å². The lowest BCUT2D eigenvalue weighted by Crippen LogP contribution is -2.39. The standard InChI is InChI=1S/C23H25NO6/c1-14(21(25)24-20-10-6-8-15-7-4-5-9-19(15)20)30-18-12-16(22(26)28-2)11-17(13-18)23(27)29-3/h4-5,7,9,11-14,20H,6,8,10H2,1-3H3,(H,24,25)/t14-,20+/m1/s1. The summed E-state index contributed by atoms with van der Waals surface area (Å²) < 4.78 is 15.2. The van der Waals surface area contributed by atoms with Gasteiger partial charge in [-0.25, -0.2) is 9.59 Å². The molecule has 0 aliphatic heterocycles. The van der Waals surface area contributed by atoms with Crippen LogP contribution < -0.4 is 10.1 Å². The molecule has 2 atom stereocenters. The molecule has 30 heavy (non-hydrogen) atoms. The molecule has 0 saturated heterocycles. The summed E-state index contributed by atoms with van der Waals surface area (Å²) in [6.45, 7) is 1.62. The van der Waals surface area contributed by atoms with Crippen LogP contribution in [-0.2, 0) is 20.7 Å². The van der Waals surface area contributed by atoms with Crippen molar-refractivity contribution in [1.82, 2.24) is 5.32 Å². The number of esters is 2. The highest BCUT2D eigenvalue weighted by molar-refractivity contribution is 5.96. The van der Waals surface area contributed by atoms with Crippen molar-refractivity contribution in [2.24, 2.45) is 0 Å². The van der Waals surface area contributed by atoms with Gasteiger partial charge in [0.25, 0.3) is 5.91 Å². The van der Waals surface area contributed by atoms with Gasteiger partial charge in [0, 0.05) is 0 Å². The molecule has 7 nitrogen and oxygen atoms in total. The molecule has 1 N–H and O–H groups in total. The lowest BCUT2D eigenvalue weighted by Gasteiger charge is -2.27. The zero-order valence-corrected chi connectivity index (χ0v) is 17.3. The molecule has 0 heterocycles.